The van der Waals surface area contributed by atoms with Gasteiger partial charge in [-0.25, -0.2) is 14.8 Å². The number of benzene rings is 1. The van der Waals surface area contributed by atoms with Gasteiger partial charge in [-0.3, -0.25) is 9.79 Å². The summed E-state index contributed by atoms with van der Waals surface area (Å²) in [6.07, 6.45) is 3.17. The number of carbonyl (C=O) groups excluding carboxylic acids is 1. The molecule has 9 nitrogen and oxygen atoms in total. The Kier molecular flexibility index (Phi) is 7.98. The molecular weight excluding hydrogens is 530 g/mol. The zero-order valence-electron chi connectivity index (χ0n) is 23.5. The third-order valence-corrected chi connectivity index (χ3v) is 6.37. The Morgan fingerprint density at radius 1 is 1.23 bits per heavy atom. The molecule has 0 bridgehead atoms. The van der Waals surface area contributed by atoms with Crippen LogP contribution in [-0.4, -0.2) is 34.8 Å². The molecule has 0 saturated heterocycles. The Bertz CT molecular complexity index is 1710. The topological polar surface area (TPSA) is 133 Å². The van der Waals surface area contributed by atoms with E-state index in [1.165, 1.54) is 0 Å². The number of nitrogens with zero attached hydrogens (tertiary/aromatic N) is 3. The Morgan fingerprint density at radius 2 is 1.95 bits per heavy atom. The quantitative estimate of drug-likeness (QED) is 0.160. The Balaban J connectivity index is 1.85. The Morgan fingerprint density at radius 3 is 2.62 bits per heavy atom. The van der Waals surface area contributed by atoms with Crippen molar-refractivity contribution in [3.05, 3.63) is 79.9 Å². The highest BCUT2D eigenvalue weighted by atomic mass is 35.5. The van der Waals surface area contributed by atoms with Crippen LogP contribution in [0.2, 0.25) is 5.15 Å². The molecule has 10 heteroatoms. The first kappa shape index (κ1) is 28.8. The fourth-order valence-electron chi connectivity index (χ4n) is 4.37. The molecule has 3 N–H and O–H groups in total. The second-order valence-corrected chi connectivity index (χ2v) is 11.0. The summed E-state index contributed by atoms with van der Waals surface area (Å²) < 4.78 is 12.0. The number of halogens is 1. The second-order valence-electron chi connectivity index (χ2n) is 10.6. The molecule has 4 aromatic rings. The van der Waals surface area contributed by atoms with E-state index in [2.05, 4.69) is 20.3 Å². The molecule has 0 saturated carbocycles. The minimum absolute atomic E-state index is 0.0577. The lowest BCUT2D eigenvalue weighted by Gasteiger charge is -2.22. The maximum atomic E-state index is 13.6. The molecule has 40 heavy (non-hydrogen) atoms. The van der Waals surface area contributed by atoms with Gasteiger partial charge in [0.25, 0.3) is 0 Å². The van der Waals surface area contributed by atoms with Crippen LogP contribution in [0.1, 0.15) is 66.5 Å². The summed E-state index contributed by atoms with van der Waals surface area (Å²) >= 11 is 6.12. The number of nitrogens with two attached hydrogens (primary N) is 1. The lowest BCUT2D eigenvalue weighted by Crippen LogP contribution is -2.25. The number of ether oxygens (including phenoxy) is 1. The second kappa shape index (κ2) is 11.1. The number of hydrogen-bond acceptors (Lipinski definition) is 9. The van der Waals surface area contributed by atoms with Crippen molar-refractivity contribution in [1.82, 2.24) is 9.97 Å². The normalized spacial score (nSPS) is 12.6. The number of aromatic nitrogens is 2. The number of esters is 1. The van der Waals surface area contributed by atoms with E-state index in [1.54, 1.807) is 71.4 Å². The van der Waals surface area contributed by atoms with E-state index in [4.69, 9.17) is 26.5 Å². The minimum atomic E-state index is -0.714. The van der Waals surface area contributed by atoms with E-state index in [0.29, 0.717) is 44.9 Å². The van der Waals surface area contributed by atoms with E-state index >= 15 is 0 Å². The molecule has 3 heterocycles. The highest BCUT2D eigenvalue weighted by molar-refractivity contribution is 6.29. The van der Waals surface area contributed by atoms with Gasteiger partial charge in [-0.15, -0.1) is 0 Å². The SMILES string of the molecule is CN=Cc1cc(-c2oc3c(C(C)Nc4ccc(Cl)nc4C(=O)OC(C)(C)C)cc(C)cc3c(=O)c2C)cnc1N. The maximum Gasteiger partial charge on any atom is 0.359 e. The van der Waals surface area contributed by atoms with E-state index in [0.717, 1.165) is 11.1 Å². The molecule has 0 spiro atoms. The average molecular weight is 562 g/mol. The first-order valence-electron chi connectivity index (χ1n) is 12.7. The standard InChI is InChI=1S/C30H32ClN5O4/c1-15-10-20(17(3)35-22-8-9-23(31)36-24(22)29(38)40-30(4,5)6)27-21(11-15)25(37)16(2)26(39-27)18-12-19(13-33-7)28(32)34-14-18/h8-14,17,35H,1-7H3,(H2,32,34). The number of aryl methyl sites for hydroxylation is 1. The van der Waals surface area contributed by atoms with Gasteiger partial charge < -0.3 is 20.2 Å². The van der Waals surface area contributed by atoms with Crippen LogP contribution >= 0.6 is 11.6 Å². The van der Waals surface area contributed by atoms with Gasteiger partial charge in [0.2, 0.25) is 0 Å². The van der Waals surface area contributed by atoms with Crippen LogP contribution in [0.4, 0.5) is 11.5 Å². The molecule has 0 radical (unpaired) electrons. The molecule has 0 aliphatic carbocycles. The fraction of sp³-hybridized carbons (Fsp3) is 0.300. The molecule has 1 unspecified atom stereocenters. The third kappa shape index (κ3) is 5.99. The van der Waals surface area contributed by atoms with Gasteiger partial charge in [0, 0.05) is 41.7 Å². The van der Waals surface area contributed by atoms with Gasteiger partial charge in [0.15, 0.2) is 11.1 Å². The van der Waals surface area contributed by atoms with Crippen molar-refractivity contribution in [2.45, 2.75) is 53.2 Å². The number of nitrogens with one attached hydrogen (secondary N) is 1. The number of rotatable bonds is 6. The first-order valence-corrected chi connectivity index (χ1v) is 13.1. The number of aliphatic imine (C=N–C) groups is 1. The monoisotopic (exact) mass is 561 g/mol. The van der Waals surface area contributed by atoms with E-state index < -0.39 is 17.6 Å². The van der Waals surface area contributed by atoms with Gasteiger partial charge in [0.05, 0.1) is 17.1 Å². The van der Waals surface area contributed by atoms with Crippen LogP contribution in [0.15, 0.2) is 50.7 Å². The number of anilines is 2. The van der Waals surface area contributed by atoms with Gasteiger partial charge >= 0.3 is 5.97 Å². The Labute approximate surface area is 237 Å². The number of carbonyl (C=O) groups is 1. The van der Waals surface area contributed by atoms with Crippen LogP contribution in [0.3, 0.4) is 0 Å². The fourth-order valence-corrected chi connectivity index (χ4v) is 4.52. The van der Waals surface area contributed by atoms with E-state index in [9.17, 15) is 9.59 Å². The summed E-state index contributed by atoms with van der Waals surface area (Å²) in [5, 5.41) is 3.95. The number of hydrogen-bond donors (Lipinski definition) is 2. The summed E-state index contributed by atoms with van der Waals surface area (Å²) in [5.41, 5.74) is 9.30. The number of nitrogen functional groups attached to an aromatic ring is 1. The zero-order chi connectivity index (χ0) is 29.4. The molecule has 4 rings (SSSR count). The summed E-state index contributed by atoms with van der Waals surface area (Å²) in [6.45, 7) is 10.9. The van der Waals surface area contributed by atoms with Crippen LogP contribution < -0.4 is 16.5 Å². The summed E-state index contributed by atoms with van der Waals surface area (Å²) in [7, 11) is 1.64. The van der Waals surface area contributed by atoms with E-state index in [-0.39, 0.29) is 16.3 Å². The molecule has 0 aliphatic rings. The van der Waals surface area contributed by atoms with Crippen molar-refractivity contribution < 1.29 is 13.9 Å². The third-order valence-electron chi connectivity index (χ3n) is 6.16. The summed E-state index contributed by atoms with van der Waals surface area (Å²) in [5.74, 6) is 0.0998. The minimum Gasteiger partial charge on any atom is -0.455 e. The molecule has 0 aliphatic heterocycles. The van der Waals surface area contributed by atoms with Gasteiger partial charge in [-0.05, 0) is 71.4 Å². The summed E-state index contributed by atoms with van der Waals surface area (Å²) in [6, 6.07) is 8.39. The highest BCUT2D eigenvalue weighted by Crippen LogP contribution is 2.33. The largest absolute Gasteiger partial charge is 0.455 e. The molecule has 3 aromatic heterocycles. The van der Waals surface area contributed by atoms with Crippen LogP contribution in [-0.2, 0) is 4.74 Å². The highest BCUT2D eigenvalue weighted by Gasteiger charge is 2.25. The maximum absolute atomic E-state index is 13.6. The molecule has 1 aromatic carbocycles. The van der Waals surface area contributed by atoms with E-state index in [1.807, 2.05) is 19.9 Å². The van der Waals surface area contributed by atoms with Crippen molar-refractivity contribution in [2.24, 2.45) is 4.99 Å². The summed E-state index contributed by atoms with van der Waals surface area (Å²) in [4.78, 5) is 39.0. The van der Waals surface area contributed by atoms with Crippen LogP contribution in [0, 0.1) is 13.8 Å². The molecule has 208 valence electrons. The predicted octanol–water partition coefficient (Wildman–Crippen LogP) is 6.28. The average Bonchev–Trinajstić information content (AvgIpc) is 2.87. The molecule has 0 fully saturated rings. The smallest absolute Gasteiger partial charge is 0.359 e. The lowest BCUT2D eigenvalue weighted by molar-refractivity contribution is 0.00640. The van der Waals surface area contributed by atoms with Gasteiger partial charge in [0.1, 0.15) is 27.9 Å². The van der Waals surface area contributed by atoms with Crippen LogP contribution in [0.25, 0.3) is 22.3 Å². The van der Waals surface area contributed by atoms with Crippen LogP contribution in [0.5, 0.6) is 0 Å². The van der Waals surface area contributed by atoms with Crippen molar-refractivity contribution >= 4 is 46.3 Å². The van der Waals surface area contributed by atoms with Gasteiger partial charge in [-0.1, -0.05) is 17.7 Å². The molecule has 0 amide bonds. The van der Waals surface area contributed by atoms with Crippen molar-refractivity contribution in [3.63, 3.8) is 0 Å². The van der Waals surface area contributed by atoms with Crippen molar-refractivity contribution in [2.75, 3.05) is 18.1 Å². The molecular formula is C30H32ClN5O4. The predicted molar refractivity (Wildman–Crippen MR) is 160 cm³/mol. The Hall–Kier alpha value is -4.24. The number of pyridine rings is 2. The van der Waals surface area contributed by atoms with Crippen molar-refractivity contribution in [1.29, 1.82) is 0 Å². The zero-order valence-corrected chi connectivity index (χ0v) is 24.3. The first-order chi connectivity index (χ1) is 18.8. The lowest BCUT2D eigenvalue weighted by atomic mass is 9.98. The van der Waals surface area contributed by atoms with Crippen molar-refractivity contribution in [3.8, 4) is 11.3 Å². The van der Waals surface area contributed by atoms with Gasteiger partial charge in [-0.2, -0.15) is 0 Å². The molecule has 1 atom stereocenters. The number of fused-ring (bicyclic) bond motifs is 1.